The lowest BCUT2D eigenvalue weighted by atomic mass is 10.0. The number of sulfone groups is 1. The molecule has 1 N–H and O–H groups in total. The maximum Gasteiger partial charge on any atom is 0.433 e. The van der Waals surface area contributed by atoms with Crippen LogP contribution in [0.4, 0.5) is 24.5 Å². The smallest absolute Gasteiger partial charge is 0.378 e. The summed E-state index contributed by atoms with van der Waals surface area (Å²) in [4.78, 5) is 21.2. The van der Waals surface area contributed by atoms with E-state index >= 15 is 0 Å². The summed E-state index contributed by atoms with van der Waals surface area (Å²) < 4.78 is 68.8. The molecule has 14 heteroatoms. The maximum atomic E-state index is 12.9. The van der Waals surface area contributed by atoms with Crippen molar-refractivity contribution >= 4 is 27.1 Å². The number of anilines is 2. The maximum absolute atomic E-state index is 12.9. The van der Waals surface area contributed by atoms with Crippen molar-refractivity contribution in [3.8, 4) is 11.3 Å². The number of ether oxygens (including phenoxy) is 1. The summed E-state index contributed by atoms with van der Waals surface area (Å²) in [6.07, 6.45) is -2.99. The Morgan fingerprint density at radius 1 is 1.08 bits per heavy atom. The van der Waals surface area contributed by atoms with Gasteiger partial charge in [-0.2, -0.15) is 13.2 Å². The van der Waals surface area contributed by atoms with Crippen LogP contribution in [0.15, 0.2) is 41.7 Å². The first-order valence-corrected chi connectivity index (χ1v) is 12.5. The minimum Gasteiger partial charge on any atom is -0.378 e. The van der Waals surface area contributed by atoms with Crippen LogP contribution in [0.3, 0.4) is 0 Å². The summed E-state index contributed by atoms with van der Waals surface area (Å²) in [6, 6.07) is 7.01. The van der Waals surface area contributed by atoms with Gasteiger partial charge in [-0.1, -0.05) is 6.07 Å². The van der Waals surface area contributed by atoms with Gasteiger partial charge in [-0.15, -0.1) is 10.2 Å². The molecule has 0 unspecified atom stereocenters. The van der Waals surface area contributed by atoms with Gasteiger partial charge in [-0.25, -0.2) is 18.4 Å². The minimum atomic E-state index is -4.72. The van der Waals surface area contributed by atoms with E-state index in [4.69, 9.17) is 4.74 Å². The second kappa shape index (κ2) is 9.78. The van der Waals surface area contributed by atoms with Crippen LogP contribution >= 0.6 is 0 Å². The van der Waals surface area contributed by atoms with Gasteiger partial charge in [0.2, 0.25) is 5.03 Å². The lowest BCUT2D eigenvalue weighted by molar-refractivity contribution is -0.141. The normalized spacial score (nSPS) is 14.5. The fourth-order valence-corrected chi connectivity index (χ4v) is 4.36. The number of aryl methyl sites for hydroxylation is 1. The van der Waals surface area contributed by atoms with E-state index in [1.54, 1.807) is 31.2 Å². The average Bonchev–Trinajstić information content (AvgIpc) is 2.84. The number of carbonyl (C=O) groups is 1. The van der Waals surface area contributed by atoms with Crippen molar-refractivity contribution in [2.24, 2.45) is 0 Å². The Balaban J connectivity index is 1.68. The Kier molecular flexibility index (Phi) is 6.91. The number of hydrogen-bond donors (Lipinski definition) is 1. The van der Waals surface area contributed by atoms with Crippen molar-refractivity contribution in [3.05, 3.63) is 53.6 Å². The SMILES string of the molecule is Cc1ccc(NC(=O)c2cc(C(F)(F)F)ncn2)cc1-c1cc(N2CCOCC2)c(S(C)(=O)=O)nn1. The Labute approximate surface area is 204 Å². The molecule has 1 aliphatic heterocycles. The van der Waals surface area contributed by atoms with E-state index < -0.39 is 33.3 Å². The highest BCUT2D eigenvalue weighted by Gasteiger charge is 2.33. The van der Waals surface area contributed by atoms with Gasteiger partial charge in [0.15, 0.2) is 9.84 Å². The number of carbonyl (C=O) groups excluding carboxylic acids is 1. The topological polar surface area (TPSA) is 127 Å². The average molecular weight is 523 g/mol. The molecular formula is C22H21F3N6O4S. The molecule has 0 spiro atoms. The fraction of sp³-hybridized carbons (Fsp3) is 0.318. The summed E-state index contributed by atoms with van der Waals surface area (Å²) in [5, 5.41) is 10.5. The van der Waals surface area contributed by atoms with Crippen LogP contribution in [0.2, 0.25) is 0 Å². The number of amides is 1. The van der Waals surface area contributed by atoms with Gasteiger partial charge in [-0.05, 0) is 30.7 Å². The van der Waals surface area contributed by atoms with E-state index in [1.807, 2.05) is 4.90 Å². The van der Waals surface area contributed by atoms with E-state index in [2.05, 4.69) is 25.5 Å². The van der Waals surface area contributed by atoms with Crippen LogP contribution in [-0.4, -0.2) is 67.0 Å². The Morgan fingerprint density at radius 3 is 2.47 bits per heavy atom. The van der Waals surface area contributed by atoms with Crippen molar-refractivity contribution < 1.29 is 31.1 Å². The standard InChI is InChI=1S/C22H21F3N6O4S/c1-13-3-4-14(28-20(32)17-11-19(22(23,24)25)27-12-26-17)9-15(13)16-10-18(31-5-7-35-8-6-31)21(30-29-16)36(2,33)34/h3-4,9-12H,5-8H2,1-2H3,(H,28,32). The lowest BCUT2D eigenvalue weighted by Crippen LogP contribution is -2.37. The number of alkyl halides is 3. The van der Waals surface area contributed by atoms with Crippen LogP contribution in [0.1, 0.15) is 21.7 Å². The zero-order chi connectivity index (χ0) is 26.1. The first-order chi connectivity index (χ1) is 16.9. The van der Waals surface area contributed by atoms with Crippen LogP contribution in [0, 0.1) is 6.92 Å². The van der Waals surface area contributed by atoms with E-state index in [9.17, 15) is 26.4 Å². The third-order valence-electron chi connectivity index (χ3n) is 5.41. The molecule has 0 atom stereocenters. The summed E-state index contributed by atoms with van der Waals surface area (Å²) in [7, 11) is -3.67. The number of halogens is 3. The molecule has 1 aliphatic rings. The summed E-state index contributed by atoms with van der Waals surface area (Å²) in [5.74, 6) is -0.856. The zero-order valence-electron chi connectivity index (χ0n) is 19.2. The van der Waals surface area contributed by atoms with Crippen LogP contribution in [0.25, 0.3) is 11.3 Å². The van der Waals surface area contributed by atoms with Gasteiger partial charge in [0.05, 0.1) is 24.6 Å². The molecule has 0 bridgehead atoms. The van der Waals surface area contributed by atoms with Crippen LogP contribution < -0.4 is 10.2 Å². The third-order valence-corrected chi connectivity index (χ3v) is 6.40. The molecule has 190 valence electrons. The Bertz CT molecular complexity index is 1410. The van der Waals surface area contributed by atoms with Gasteiger partial charge >= 0.3 is 6.18 Å². The molecule has 1 aromatic carbocycles. The molecule has 1 amide bonds. The Hall–Kier alpha value is -3.65. The number of nitrogens with one attached hydrogen (secondary N) is 1. The zero-order valence-corrected chi connectivity index (χ0v) is 20.0. The van der Waals surface area contributed by atoms with Crippen molar-refractivity contribution in [2.45, 2.75) is 18.1 Å². The predicted molar refractivity (Wildman–Crippen MR) is 123 cm³/mol. The van der Waals surface area contributed by atoms with Gasteiger partial charge in [-0.3, -0.25) is 4.79 Å². The second-order valence-corrected chi connectivity index (χ2v) is 9.99. The minimum absolute atomic E-state index is 0.153. The van der Waals surface area contributed by atoms with Gasteiger partial charge in [0, 0.05) is 36.7 Å². The highest BCUT2D eigenvalue weighted by Crippen LogP contribution is 2.32. The molecule has 4 rings (SSSR count). The highest BCUT2D eigenvalue weighted by molar-refractivity contribution is 7.90. The number of rotatable bonds is 5. The number of benzene rings is 1. The second-order valence-electron chi connectivity index (χ2n) is 8.06. The molecule has 3 heterocycles. The van der Waals surface area contributed by atoms with E-state index in [0.29, 0.717) is 55.6 Å². The molecule has 3 aromatic rings. The molecule has 2 aromatic heterocycles. The van der Waals surface area contributed by atoms with Gasteiger partial charge in [0.1, 0.15) is 17.7 Å². The quantitative estimate of drug-likeness (QED) is 0.538. The Morgan fingerprint density at radius 2 is 1.81 bits per heavy atom. The predicted octanol–water partition coefficient (Wildman–Crippen LogP) is 2.75. The first kappa shape index (κ1) is 25.4. The highest BCUT2D eigenvalue weighted by atomic mass is 32.2. The lowest BCUT2D eigenvalue weighted by Gasteiger charge is -2.29. The van der Waals surface area contributed by atoms with E-state index in [0.717, 1.165) is 11.8 Å². The van der Waals surface area contributed by atoms with Gasteiger partial charge < -0.3 is 15.0 Å². The fourth-order valence-electron chi connectivity index (χ4n) is 3.60. The number of hydrogen-bond acceptors (Lipinski definition) is 9. The molecule has 10 nitrogen and oxygen atoms in total. The molecular weight excluding hydrogens is 501 g/mol. The molecule has 0 aliphatic carbocycles. The van der Waals surface area contributed by atoms with E-state index in [1.165, 1.54) is 0 Å². The van der Waals surface area contributed by atoms with Crippen molar-refractivity contribution in [3.63, 3.8) is 0 Å². The van der Waals surface area contributed by atoms with Crippen LogP contribution in [-0.2, 0) is 20.8 Å². The molecule has 36 heavy (non-hydrogen) atoms. The first-order valence-electron chi connectivity index (χ1n) is 10.7. The van der Waals surface area contributed by atoms with E-state index in [-0.39, 0.29) is 10.7 Å². The summed E-state index contributed by atoms with van der Waals surface area (Å²) in [6.45, 7) is 3.60. The largest absolute Gasteiger partial charge is 0.433 e. The number of nitrogens with zero attached hydrogens (tertiary/aromatic N) is 5. The number of morpholine rings is 1. The monoisotopic (exact) mass is 522 g/mol. The van der Waals surface area contributed by atoms with Gasteiger partial charge in [0.25, 0.3) is 5.91 Å². The van der Waals surface area contributed by atoms with Crippen LogP contribution in [0.5, 0.6) is 0 Å². The number of aromatic nitrogens is 4. The molecule has 1 fully saturated rings. The van der Waals surface area contributed by atoms with Crippen molar-refractivity contribution in [2.75, 3.05) is 42.8 Å². The van der Waals surface area contributed by atoms with Crippen molar-refractivity contribution in [1.82, 2.24) is 20.2 Å². The molecule has 0 radical (unpaired) electrons. The summed E-state index contributed by atoms with van der Waals surface area (Å²) >= 11 is 0. The summed E-state index contributed by atoms with van der Waals surface area (Å²) in [5.41, 5.74) is 0.640. The molecule has 0 saturated carbocycles. The van der Waals surface area contributed by atoms with Crippen molar-refractivity contribution in [1.29, 1.82) is 0 Å². The molecule has 1 saturated heterocycles. The third kappa shape index (κ3) is 5.60.